The molecule has 0 bridgehead atoms. The fraction of sp³-hybridized carbons (Fsp3) is 0.286. The smallest absolute Gasteiger partial charge is 0.269 e. The van der Waals surface area contributed by atoms with Crippen molar-refractivity contribution in [3.63, 3.8) is 0 Å². The lowest BCUT2D eigenvalue weighted by Crippen LogP contribution is -2.28. The molecule has 0 saturated carbocycles. The zero-order valence-corrected chi connectivity index (χ0v) is 18.6. The number of carbonyl (C=O) groups excluding carboxylic acids is 1. The van der Waals surface area contributed by atoms with Crippen LogP contribution in [0.5, 0.6) is 0 Å². The Morgan fingerprint density at radius 2 is 1.74 bits per heavy atom. The molecule has 0 unspecified atom stereocenters. The summed E-state index contributed by atoms with van der Waals surface area (Å²) in [5, 5.41) is 19.5. The van der Waals surface area contributed by atoms with Gasteiger partial charge in [-0.15, -0.1) is 10.2 Å². The van der Waals surface area contributed by atoms with Gasteiger partial charge in [-0.25, -0.2) is 4.68 Å². The molecule has 2 aromatic carbocycles. The summed E-state index contributed by atoms with van der Waals surface area (Å²) in [5.41, 5.74) is 2.62. The molecule has 162 valence electrons. The molecular weight excluding hydrogens is 416 g/mol. The van der Waals surface area contributed by atoms with Gasteiger partial charge in [0.1, 0.15) is 0 Å². The molecule has 0 spiro atoms. The van der Waals surface area contributed by atoms with Crippen LogP contribution in [0.4, 0.5) is 11.4 Å². The molecule has 0 radical (unpaired) electrons. The number of hydrogen-bond acceptors (Lipinski definition) is 7. The van der Waals surface area contributed by atoms with E-state index in [1.807, 2.05) is 24.3 Å². The predicted molar refractivity (Wildman–Crippen MR) is 122 cm³/mol. The molecule has 1 aromatic heterocycles. The van der Waals surface area contributed by atoms with Crippen LogP contribution in [0.1, 0.15) is 26.3 Å². The number of nitro benzene ring substituents is 1. The van der Waals surface area contributed by atoms with Crippen LogP contribution in [0.25, 0.3) is 11.4 Å². The van der Waals surface area contributed by atoms with Gasteiger partial charge in [0.25, 0.3) is 5.69 Å². The Labute approximate surface area is 184 Å². The molecule has 10 heteroatoms. The average molecular weight is 441 g/mol. The quantitative estimate of drug-likeness (QED) is 0.269. The number of benzene rings is 2. The van der Waals surface area contributed by atoms with Crippen molar-refractivity contribution < 1.29 is 9.72 Å². The number of nitrogen functional groups attached to an aromatic ring is 1. The number of nitrogens with zero attached hydrogens (tertiary/aromatic N) is 5. The van der Waals surface area contributed by atoms with E-state index in [1.54, 1.807) is 7.05 Å². The topological polar surface area (TPSA) is 120 Å². The summed E-state index contributed by atoms with van der Waals surface area (Å²) in [5.74, 6) is 6.57. The summed E-state index contributed by atoms with van der Waals surface area (Å²) in [6.45, 7) is 6.44. The Morgan fingerprint density at radius 1 is 1.13 bits per heavy atom. The minimum atomic E-state index is -0.482. The molecule has 0 fully saturated rings. The fourth-order valence-corrected chi connectivity index (χ4v) is 3.63. The molecule has 1 heterocycles. The van der Waals surface area contributed by atoms with Crippen molar-refractivity contribution in [3.8, 4) is 11.4 Å². The lowest BCUT2D eigenvalue weighted by Gasteiger charge is -2.19. The molecule has 2 N–H and O–H groups in total. The summed E-state index contributed by atoms with van der Waals surface area (Å²) in [4.78, 5) is 24.2. The van der Waals surface area contributed by atoms with Gasteiger partial charge >= 0.3 is 0 Å². The minimum absolute atomic E-state index is 0.0294. The number of carbonyl (C=O) groups is 1. The normalized spacial score (nSPS) is 11.4. The van der Waals surface area contributed by atoms with Crippen LogP contribution in [0.3, 0.4) is 0 Å². The molecule has 0 aliphatic rings. The van der Waals surface area contributed by atoms with Crippen molar-refractivity contribution in [2.75, 3.05) is 23.5 Å². The number of hydrogen-bond donors (Lipinski definition) is 1. The number of thioether (sulfide) groups is 1. The van der Waals surface area contributed by atoms with Gasteiger partial charge < -0.3 is 10.7 Å². The van der Waals surface area contributed by atoms with Gasteiger partial charge in [-0.3, -0.25) is 14.9 Å². The van der Waals surface area contributed by atoms with Crippen LogP contribution in [-0.4, -0.2) is 38.5 Å². The van der Waals surface area contributed by atoms with E-state index >= 15 is 0 Å². The van der Waals surface area contributed by atoms with Crippen LogP contribution in [0.15, 0.2) is 53.7 Å². The van der Waals surface area contributed by atoms with E-state index in [0.29, 0.717) is 16.7 Å². The SMILES string of the molecule is CN(C(=O)CSc1nnc(-c2ccc(C(C)(C)C)cc2)n1N)c1ccc([N+](=O)[O-])cc1. The van der Waals surface area contributed by atoms with Gasteiger partial charge in [-0.2, -0.15) is 0 Å². The molecule has 1 amide bonds. The highest BCUT2D eigenvalue weighted by molar-refractivity contribution is 7.99. The van der Waals surface area contributed by atoms with Gasteiger partial charge in [0.15, 0.2) is 5.82 Å². The second kappa shape index (κ2) is 8.76. The molecule has 0 saturated heterocycles. The van der Waals surface area contributed by atoms with Gasteiger partial charge in [0, 0.05) is 30.4 Å². The van der Waals surface area contributed by atoms with Crippen molar-refractivity contribution in [1.82, 2.24) is 14.9 Å². The van der Waals surface area contributed by atoms with Crippen molar-refractivity contribution in [3.05, 3.63) is 64.2 Å². The molecular formula is C21H24N6O3S. The fourth-order valence-electron chi connectivity index (χ4n) is 2.86. The van der Waals surface area contributed by atoms with Crippen LogP contribution >= 0.6 is 11.8 Å². The Hall–Kier alpha value is -3.40. The summed E-state index contributed by atoms with van der Waals surface area (Å²) in [6.07, 6.45) is 0. The lowest BCUT2D eigenvalue weighted by atomic mass is 9.87. The van der Waals surface area contributed by atoms with Crippen molar-refractivity contribution in [2.24, 2.45) is 0 Å². The number of non-ortho nitro benzene ring substituents is 1. The van der Waals surface area contributed by atoms with Gasteiger partial charge in [0.2, 0.25) is 11.1 Å². The molecule has 31 heavy (non-hydrogen) atoms. The van der Waals surface area contributed by atoms with E-state index in [0.717, 1.165) is 5.56 Å². The predicted octanol–water partition coefficient (Wildman–Crippen LogP) is 3.62. The largest absolute Gasteiger partial charge is 0.335 e. The van der Waals surface area contributed by atoms with Crippen molar-refractivity contribution >= 4 is 29.0 Å². The lowest BCUT2D eigenvalue weighted by molar-refractivity contribution is -0.384. The van der Waals surface area contributed by atoms with Gasteiger partial charge in [0.05, 0.1) is 10.7 Å². The van der Waals surface area contributed by atoms with E-state index in [-0.39, 0.29) is 22.8 Å². The Balaban J connectivity index is 1.66. The number of rotatable bonds is 6. The first-order chi connectivity index (χ1) is 14.6. The van der Waals surface area contributed by atoms with Crippen LogP contribution < -0.4 is 10.7 Å². The van der Waals surface area contributed by atoms with E-state index in [1.165, 1.54) is 51.2 Å². The zero-order chi connectivity index (χ0) is 22.8. The maximum Gasteiger partial charge on any atom is 0.269 e. The Kier molecular flexibility index (Phi) is 6.30. The summed E-state index contributed by atoms with van der Waals surface area (Å²) in [6, 6.07) is 13.8. The molecule has 9 nitrogen and oxygen atoms in total. The van der Waals surface area contributed by atoms with Gasteiger partial charge in [-0.05, 0) is 23.1 Å². The van der Waals surface area contributed by atoms with Gasteiger partial charge in [-0.1, -0.05) is 56.8 Å². The third-order valence-corrected chi connectivity index (χ3v) is 5.75. The van der Waals surface area contributed by atoms with Crippen LogP contribution in [0.2, 0.25) is 0 Å². The maximum atomic E-state index is 12.5. The maximum absolute atomic E-state index is 12.5. The highest BCUT2D eigenvalue weighted by Crippen LogP contribution is 2.27. The van der Waals surface area contributed by atoms with Crippen molar-refractivity contribution in [2.45, 2.75) is 31.3 Å². The second-order valence-corrected chi connectivity index (χ2v) is 8.96. The summed E-state index contributed by atoms with van der Waals surface area (Å²) < 4.78 is 1.37. The highest BCUT2D eigenvalue weighted by Gasteiger charge is 2.18. The summed E-state index contributed by atoms with van der Waals surface area (Å²) in [7, 11) is 1.61. The van der Waals surface area contributed by atoms with Crippen molar-refractivity contribution in [1.29, 1.82) is 0 Å². The number of nitrogens with two attached hydrogens (primary N) is 1. The molecule has 0 aliphatic heterocycles. The molecule has 3 rings (SSSR count). The first-order valence-electron chi connectivity index (χ1n) is 9.53. The van der Waals surface area contributed by atoms with Crippen LogP contribution in [-0.2, 0) is 10.2 Å². The first kappa shape index (κ1) is 22.3. The van der Waals surface area contributed by atoms with E-state index in [9.17, 15) is 14.9 Å². The second-order valence-electron chi connectivity index (χ2n) is 8.02. The number of aromatic nitrogens is 3. The monoisotopic (exact) mass is 440 g/mol. The Morgan fingerprint density at radius 3 is 2.29 bits per heavy atom. The average Bonchev–Trinajstić information content (AvgIpc) is 3.11. The standard InChI is InChI=1S/C21H24N6O3S/c1-21(2,3)15-7-5-14(6-8-15)19-23-24-20(26(19)22)31-13-18(28)25(4)16-9-11-17(12-10-16)27(29)30/h5-12H,13,22H2,1-4H3. The number of anilines is 1. The summed E-state index contributed by atoms with van der Waals surface area (Å²) >= 11 is 1.17. The van der Waals surface area contributed by atoms with E-state index in [4.69, 9.17) is 5.84 Å². The third kappa shape index (κ3) is 5.02. The molecule has 0 atom stereocenters. The Bertz CT molecular complexity index is 1090. The first-order valence-corrected chi connectivity index (χ1v) is 10.5. The molecule has 0 aliphatic carbocycles. The highest BCUT2D eigenvalue weighted by atomic mass is 32.2. The van der Waals surface area contributed by atoms with Crippen LogP contribution in [0, 0.1) is 10.1 Å². The van der Waals surface area contributed by atoms with E-state index < -0.39 is 4.92 Å². The number of nitro groups is 1. The van der Waals surface area contributed by atoms with E-state index in [2.05, 4.69) is 31.0 Å². The zero-order valence-electron chi connectivity index (χ0n) is 17.8. The number of amides is 1. The molecule has 3 aromatic rings. The minimum Gasteiger partial charge on any atom is -0.335 e. The third-order valence-electron chi connectivity index (χ3n) is 4.82.